The molecule has 0 bridgehead atoms. The van der Waals surface area contributed by atoms with Crippen LogP contribution in [0.25, 0.3) is 0 Å². The van der Waals surface area contributed by atoms with E-state index in [-0.39, 0.29) is 11.1 Å². The van der Waals surface area contributed by atoms with Crippen molar-refractivity contribution in [1.82, 2.24) is 14.9 Å². The van der Waals surface area contributed by atoms with E-state index in [0.717, 1.165) is 6.07 Å². The Balaban J connectivity index is 2.01. The predicted molar refractivity (Wildman–Crippen MR) is 93.0 cm³/mol. The van der Waals surface area contributed by atoms with E-state index in [2.05, 4.69) is 26.2 Å². The SMILES string of the molecule is Cn1ccnc1C(NC(=O)c1cc(F)ccc1Br)c1ccccc1F. The molecule has 1 amide bonds. The highest BCUT2D eigenvalue weighted by atomic mass is 79.9. The molecular weight excluding hydrogens is 392 g/mol. The van der Waals surface area contributed by atoms with Crippen LogP contribution in [0.1, 0.15) is 27.8 Å². The van der Waals surface area contributed by atoms with Gasteiger partial charge in [0, 0.05) is 29.5 Å². The zero-order valence-electron chi connectivity index (χ0n) is 13.2. The molecule has 3 rings (SSSR count). The van der Waals surface area contributed by atoms with Gasteiger partial charge in [0.05, 0.1) is 5.56 Å². The number of amides is 1. The molecule has 3 aromatic rings. The zero-order valence-corrected chi connectivity index (χ0v) is 14.8. The average Bonchev–Trinajstić information content (AvgIpc) is 3.01. The summed E-state index contributed by atoms with van der Waals surface area (Å²) < 4.78 is 29.9. The minimum atomic E-state index is -0.816. The molecule has 25 heavy (non-hydrogen) atoms. The summed E-state index contributed by atoms with van der Waals surface area (Å²) in [5.74, 6) is -1.07. The average molecular weight is 406 g/mol. The fourth-order valence-corrected chi connectivity index (χ4v) is 2.95. The van der Waals surface area contributed by atoms with Gasteiger partial charge in [-0.3, -0.25) is 4.79 Å². The molecule has 0 fully saturated rings. The summed E-state index contributed by atoms with van der Waals surface area (Å²) in [5.41, 5.74) is 0.397. The van der Waals surface area contributed by atoms with Gasteiger partial charge >= 0.3 is 0 Å². The quantitative estimate of drug-likeness (QED) is 0.713. The van der Waals surface area contributed by atoms with Crippen molar-refractivity contribution in [3.05, 3.63) is 87.9 Å². The first-order valence-electron chi connectivity index (χ1n) is 7.45. The van der Waals surface area contributed by atoms with Crippen LogP contribution >= 0.6 is 15.9 Å². The molecule has 0 aliphatic rings. The minimum Gasteiger partial charge on any atom is -0.338 e. The Kier molecular flexibility index (Phi) is 4.94. The molecule has 1 aromatic heterocycles. The normalized spacial score (nSPS) is 12.0. The first-order valence-corrected chi connectivity index (χ1v) is 8.24. The Morgan fingerprint density at radius 2 is 2.00 bits per heavy atom. The lowest BCUT2D eigenvalue weighted by Crippen LogP contribution is -2.32. The standard InChI is InChI=1S/C18H14BrF2N3O/c1-24-9-8-22-17(24)16(12-4-2-3-5-15(12)21)23-18(25)13-10-11(20)6-7-14(13)19/h2-10,16H,1H3,(H,23,25). The number of nitrogens with zero attached hydrogens (tertiary/aromatic N) is 2. The lowest BCUT2D eigenvalue weighted by atomic mass is 10.0. The van der Waals surface area contributed by atoms with Crippen molar-refractivity contribution in [3.8, 4) is 0 Å². The Morgan fingerprint density at radius 3 is 2.68 bits per heavy atom. The highest BCUT2D eigenvalue weighted by Gasteiger charge is 2.25. The fraction of sp³-hybridized carbons (Fsp3) is 0.111. The Morgan fingerprint density at radius 1 is 1.24 bits per heavy atom. The van der Waals surface area contributed by atoms with Crippen molar-refractivity contribution in [2.75, 3.05) is 0 Å². The summed E-state index contributed by atoms with van der Waals surface area (Å²) >= 11 is 3.23. The van der Waals surface area contributed by atoms with E-state index >= 15 is 0 Å². The summed E-state index contributed by atoms with van der Waals surface area (Å²) in [5, 5.41) is 2.74. The van der Waals surface area contributed by atoms with Gasteiger partial charge in [-0.2, -0.15) is 0 Å². The van der Waals surface area contributed by atoms with Gasteiger partial charge in [0.1, 0.15) is 23.5 Å². The third kappa shape index (κ3) is 3.61. The number of nitrogens with one attached hydrogen (secondary N) is 1. The van der Waals surface area contributed by atoms with E-state index < -0.39 is 23.6 Å². The number of aryl methyl sites for hydroxylation is 1. The molecule has 0 saturated carbocycles. The number of carbonyl (C=O) groups is 1. The van der Waals surface area contributed by atoms with Crippen molar-refractivity contribution < 1.29 is 13.6 Å². The van der Waals surface area contributed by atoms with Gasteiger partial charge in [-0.05, 0) is 40.2 Å². The molecular formula is C18H14BrF2N3O. The van der Waals surface area contributed by atoms with Crippen LogP contribution in [0, 0.1) is 11.6 Å². The van der Waals surface area contributed by atoms with E-state index in [1.165, 1.54) is 18.2 Å². The number of hydrogen-bond acceptors (Lipinski definition) is 2. The van der Waals surface area contributed by atoms with Crippen LogP contribution in [-0.2, 0) is 7.05 Å². The molecule has 0 aliphatic carbocycles. The molecule has 2 aromatic carbocycles. The predicted octanol–water partition coefficient (Wildman–Crippen LogP) is 3.98. The van der Waals surface area contributed by atoms with E-state index in [4.69, 9.17) is 0 Å². The minimum absolute atomic E-state index is 0.121. The van der Waals surface area contributed by atoms with E-state index in [0.29, 0.717) is 10.3 Å². The number of rotatable bonds is 4. The second-order valence-corrected chi connectivity index (χ2v) is 6.30. The summed E-state index contributed by atoms with van der Waals surface area (Å²) in [6.07, 6.45) is 3.26. The van der Waals surface area contributed by atoms with Crippen LogP contribution in [0.3, 0.4) is 0 Å². The molecule has 1 N–H and O–H groups in total. The van der Waals surface area contributed by atoms with Crippen molar-refractivity contribution >= 4 is 21.8 Å². The van der Waals surface area contributed by atoms with Crippen LogP contribution in [-0.4, -0.2) is 15.5 Å². The lowest BCUT2D eigenvalue weighted by molar-refractivity contribution is 0.0939. The third-order valence-corrected chi connectivity index (χ3v) is 4.47. The zero-order chi connectivity index (χ0) is 18.0. The van der Waals surface area contributed by atoms with Crippen molar-refractivity contribution in [2.45, 2.75) is 6.04 Å². The van der Waals surface area contributed by atoms with E-state index in [1.807, 2.05) is 0 Å². The molecule has 128 valence electrons. The van der Waals surface area contributed by atoms with Gasteiger partial charge in [-0.15, -0.1) is 0 Å². The van der Waals surface area contributed by atoms with Crippen LogP contribution in [0.2, 0.25) is 0 Å². The van der Waals surface area contributed by atoms with Gasteiger partial charge in [-0.25, -0.2) is 13.8 Å². The topological polar surface area (TPSA) is 46.9 Å². The monoisotopic (exact) mass is 405 g/mol. The molecule has 1 heterocycles. The maximum atomic E-state index is 14.3. The molecule has 0 saturated heterocycles. The van der Waals surface area contributed by atoms with Crippen LogP contribution in [0.15, 0.2) is 59.3 Å². The van der Waals surface area contributed by atoms with Gasteiger partial charge in [0.15, 0.2) is 0 Å². The molecule has 7 heteroatoms. The van der Waals surface area contributed by atoms with Gasteiger partial charge < -0.3 is 9.88 Å². The van der Waals surface area contributed by atoms with Crippen molar-refractivity contribution in [2.24, 2.45) is 7.05 Å². The second-order valence-electron chi connectivity index (χ2n) is 5.45. The van der Waals surface area contributed by atoms with Gasteiger partial charge in [0.25, 0.3) is 5.91 Å². The summed E-state index contributed by atoms with van der Waals surface area (Å²) in [4.78, 5) is 16.9. The van der Waals surface area contributed by atoms with Crippen molar-refractivity contribution in [1.29, 1.82) is 0 Å². The molecule has 0 spiro atoms. The summed E-state index contributed by atoms with van der Waals surface area (Å²) in [6, 6.07) is 9.14. The smallest absolute Gasteiger partial charge is 0.253 e. The second kappa shape index (κ2) is 7.14. The number of benzene rings is 2. The van der Waals surface area contributed by atoms with E-state index in [1.54, 1.807) is 42.2 Å². The highest BCUT2D eigenvalue weighted by Crippen LogP contribution is 2.25. The maximum absolute atomic E-state index is 14.3. The molecule has 0 aliphatic heterocycles. The summed E-state index contributed by atoms with van der Waals surface area (Å²) in [6.45, 7) is 0. The number of carbonyl (C=O) groups excluding carboxylic acids is 1. The summed E-state index contributed by atoms with van der Waals surface area (Å²) in [7, 11) is 1.75. The van der Waals surface area contributed by atoms with E-state index in [9.17, 15) is 13.6 Å². The number of halogens is 3. The van der Waals surface area contributed by atoms with Crippen molar-refractivity contribution in [3.63, 3.8) is 0 Å². The lowest BCUT2D eigenvalue weighted by Gasteiger charge is -2.20. The maximum Gasteiger partial charge on any atom is 0.253 e. The Hall–Kier alpha value is -2.54. The van der Waals surface area contributed by atoms with Gasteiger partial charge in [0.2, 0.25) is 0 Å². The first kappa shape index (κ1) is 17.3. The number of hydrogen-bond donors (Lipinski definition) is 1. The number of aromatic nitrogens is 2. The third-order valence-electron chi connectivity index (χ3n) is 3.78. The fourth-order valence-electron chi connectivity index (χ4n) is 2.53. The Labute approximate surface area is 151 Å². The van der Waals surface area contributed by atoms with Crippen LogP contribution in [0.5, 0.6) is 0 Å². The number of imidazole rings is 1. The van der Waals surface area contributed by atoms with Crippen LogP contribution < -0.4 is 5.32 Å². The largest absolute Gasteiger partial charge is 0.338 e. The highest BCUT2D eigenvalue weighted by molar-refractivity contribution is 9.10. The van der Waals surface area contributed by atoms with Gasteiger partial charge in [-0.1, -0.05) is 18.2 Å². The molecule has 1 atom stereocenters. The first-order chi connectivity index (χ1) is 12.0. The molecule has 4 nitrogen and oxygen atoms in total. The molecule has 1 unspecified atom stereocenters. The van der Waals surface area contributed by atoms with Crippen LogP contribution in [0.4, 0.5) is 8.78 Å². The Bertz CT molecular complexity index is 926. The molecule has 0 radical (unpaired) electrons.